The van der Waals surface area contributed by atoms with Crippen molar-refractivity contribution in [1.29, 1.82) is 0 Å². The predicted molar refractivity (Wildman–Crippen MR) is 44.9 cm³/mol. The zero-order valence-electron chi connectivity index (χ0n) is 4.75. The number of alkyl halides is 1. The molecule has 0 aromatic carbocycles. The number of hydrogen-bond acceptors (Lipinski definition) is 2. The van der Waals surface area contributed by atoms with Gasteiger partial charge in [0.15, 0.2) is 0 Å². The summed E-state index contributed by atoms with van der Waals surface area (Å²) < 4.78 is 0. The predicted octanol–water partition coefficient (Wildman–Crippen LogP) is 2.55. The molecule has 0 unspecified atom stereocenters. The quantitative estimate of drug-likeness (QED) is 0.674. The lowest BCUT2D eigenvalue weighted by molar-refractivity contribution is 1.39. The minimum absolute atomic E-state index is 0.895. The summed E-state index contributed by atoms with van der Waals surface area (Å²) in [5.41, 5.74) is 0. The van der Waals surface area contributed by atoms with E-state index < -0.39 is 0 Å². The lowest BCUT2D eigenvalue weighted by Gasteiger charge is -1.76. The first kappa shape index (κ1) is 6.96. The summed E-state index contributed by atoms with van der Waals surface area (Å²) in [4.78, 5) is 4.06. The molecule has 48 valence electrons. The van der Waals surface area contributed by atoms with Crippen LogP contribution in [0.2, 0.25) is 0 Å². The fourth-order valence-corrected chi connectivity index (χ4v) is 1.21. The van der Waals surface area contributed by atoms with Crippen LogP contribution in [0.3, 0.4) is 0 Å². The van der Waals surface area contributed by atoms with E-state index in [1.54, 1.807) is 17.5 Å². The SMILES string of the molecule is BrC/C=C/c1nccs1. The summed E-state index contributed by atoms with van der Waals surface area (Å²) in [6, 6.07) is 0. The number of nitrogens with zero attached hydrogens (tertiary/aromatic N) is 1. The zero-order valence-corrected chi connectivity index (χ0v) is 7.15. The third kappa shape index (κ3) is 2.28. The van der Waals surface area contributed by atoms with E-state index in [0.717, 1.165) is 10.3 Å². The van der Waals surface area contributed by atoms with Crippen molar-refractivity contribution in [3.8, 4) is 0 Å². The molecule has 0 aliphatic heterocycles. The summed E-state index contributed by atoms with van der Waals surface area (Å²) in [7, 11) is 0. The highest BCUT2D eigenvalue weighted by Crippen LogP contribution is 2.05. The van der Waals surface area contributed by atoms with Gasteiger partial charge in [0.25, 0.3) is 0 Å². The molecule has 0 amide bonds. The van der Waals surface area contributed by atoms with E-state index in [9.17, 15) is 0 Å². The first-order chi connectivity index (χ1) is 4.43. The van der Waals surface area contributed by atoms with Gasteiger partial charge in [-0.2, -0.15) is 0 Å². The van der Waals surface area contributed by atoms with Crippen LogP contribution in [0, 0.1) is 0 Å². The van der Waals surface area contributed by atoms with Crippen LogP contribution in [0.1, 0.15) is 5.01 Å². The Labute approximate surface area is 66.6 Å². The molecule has 1 rings (SSSR count). The molecule has 0 aliphatic rings. The van der Waals surface area contributed by atoms with Gasteiger partial charge in [0.1, 0.15) is 5.01 Å². The smallest absolute Gasteiger partial charge is 0.115 e. The number of rotatable bonds is 2. The number of aromatic nitrogens is 1. The Balaban J connectivity index is 2.57. The van der Waals surface area contributed by atoms with Crippen LogP contribution in [0.15, 0.2) is 17.7 Å². The maximum Gasteiger partial charge on any atom is 0.115 e. The van der Waals surface area contributed by atoms with Crippen molar-refractivity contribution >= 4 is 33.3 Å². The van der Waals surface area contributed by atoms with Crippen molar-refractivity contribution in [2.24, 2.45) is 0 Å². The van der Waals surface area contributed by atoms with Crippen LogP contribution >= 0.6 is 27.3 Å². The summed E-state index contributed by atoms with van der Waals surface area (Å²) in [6.45, 7) is 0. The standard InChI is InChI=1S/C6H6BrNS/c7-3-1-2-6-8-4-5-9-6/h1-2,4-5H,3H2/b2-1+. The summed E-state index contributed by atoms with van der Waals surface area (Å²) >= 11 is 4.93. The van der Waals surface area contributed by atoms with Gasteiger partial charge in [-0.3, -0.25) is 0 Å². The first-order valence-corrected chi connectivity index (χ1v) is 4.55. The molecule has 1 aromatic heterocycles. The fraction of sp³-hybridized carbons (Fsp3) is 0.167. The second-order valence-electron chi connectivity index (χ2n) is 1.43. The van der Waals surface area contributed by atoms with Gasteiger partial charge in [0, 0.05) is 16.9 Å². The maximum absolute atomic E-state index is 4.06. The molecule has 1 aromatic rings. The third-order valence-electron chi connectivity index (χ3n) is 0.801. The molecule has 3 heteroatoms. The highest BCUT2D eigenvalue weighted by molar-refractivity contribution is 9.09. The molecular formula is C6H6BrNS. The average molecular weight is 204 g/mol. The van der Waals surface area contributed by atoms with Gasteiger partial charge >= 0.3 is 0 Å². The zero-order chi connectivity index (χ0) is 6.53. The van der Waals surface area contributed by atoms with Crippen LogP contribution in [0.5, 0.6) is 0 Å². The van der Waals surface area contributed by atoms with Crippen LogP contribution in [-0.4, -0.2) is 10.3 Å². The van der Waals surface area contributed by atoms with Crippen molar-refractivity contribution in [2.75, 3.05) is 5.33 Å². The van der Waals surface area contributed by atoms with Gasteiger partial charge in [-0.25, -0.2) is 4.98 Å². The van der Waals surface area contributed by atoms with E-state index >= 15 is 0 Å². The van der Waals surface area contributed by atoms with E-state index in [-0.39, 0.29) is 0 Å². The molecule has 0 aliphatic carbocycles. The van der Waals surface area contributed by atoms with Crippen LogP contribution in [0.4, 0.5) is 0 Å². The normalized spacial score (nSPS) is 10.8. The van der Waals surface area contributed by atoms with Crippen LogP contribution in [-0.2, 0) is 0 Å². The first-order valence-electron chi connectivity index (χ1n) is 2.55. The minimum Gasteiger partial charge on any atom is -0.245 e. The topological polar surface area (TPSA) is 12.9 Å². The second-order valence-corrected chi connectivity index (χ2v) is 3.00. The molecule has 0 saturated heterocycles. The lowest BCUT2D eigenvalue weighted by Crippen LogP contribution is -1.64. The molecule has 1 heterocycles. The average Bonchev–Trinajstić information content (AvgIpc) is 2.34. The van der Waals surface area contributed by atoms with E-state index in [1.807, 2.05) is 17.5 Å². The highest BCUT2D eigenvalue weighted by Gasteiger charge is 1.83. The molecule has 9 heavy (non-hydrogen) atoms. The van der Waals surface area contributed by atoms with Gasteiger partial charge in [0.05, 0.1) is 0 Å². The summed E-state index contributed by atoms with van der Waals surface area (Å²) in [5.74, 6) is 0. The molecule has 0 fully saturated rings. The highest BCUT2D eigenvalue weighted by atomic mass is 79.9. The molecule has 0 atom stereocenters. The van der Waals surface area contributed by atoms with Crippen LogP contribution < -0.4 is 0 Å². The molecular weight excluding hydrogens is 198 g/mol. The second kappa shape index (κ2) is 3.80. The number of hydrogen-bond donors (Lipinski definition) is 0. The lowest BCUT2D eigenvalue weighted by atomic mass is 10.5. The largest absolute Gasteiger partial charge is 0.245 e. The molecule has 0 N–H and O–H groups in total. The number of halogens is 1. The molecule has 0 saturated carbocycles. The molecule has 0 spiro atoms. The van der Waals surface area contributed by atoms with Crippen molar-refractivity contribution in [2.45, 2.75) is 0 Å². The number of allylic oxidation sites excluding steroid dienone is 1. The third-order valence-corrected chi connectivity index (χ3v) is 1.92. The van der Waals surface area contributed by atoms with Gasteiger partial charge in [-0.05, 0) is 6.08 Å². The molecule has 1 nitrogen and oxygen atoms in total. The summed E-state index contributed by atoms with van der Waals surface area (Å²) in [6.07, 6.45) is 5.83. The Morgan fingerprint density at radius 1 is 1.78 bits per heavy atom. The van der Waals surface area contributed by atoms with Gasteiger partial charge < -0.3 is 0 Å². The minimum atomic E-state index is 0.895. The van der Waals surface area contributed by atoms with E-state index in [1.165, 1.54) is 0 Å². The maximum atomic E-state index is 4.06. The van der Waals surface area contributed by atoms with Crippen molar-refractivity contribution in [3.05, 3.63) is 22.7 Å². The Hall–Kier alpha value is -0.150. The molecule has 0 bridgehead atoms. The summed E-state index contributed by atoms with van der Waals surface area (Å²) in [5, 5.41) is 3.93. The van der Waals surface area contributed by atoms with E-state index in [4.69, 9.17) is 0 Å². The van der Waals surface area contributed by atoms with Crippen LogP contribution in [0.25, 0.3) is 6.08 Å². The van der Waals surface area contributed by atoms with Gasteiger partial charge in [-0.1, -0.05) is 22.0 Å². The van der Waals surface area contributed by atoms with Gasteiger partial charge in [0.2, 0.25) is 0 Å². The van der Waals surface area contributed by atoms with Crippen molar-refractivity contribution < 1.29 is 0 Å². The Morgan fingerprint density at radius 3 is 3.22 bits per heavy atom. The number of thiazole rings is 1. The van der Waals surface area contributed by atoms with Crippen molar-refractivity contribution in [3.63, 3.8) is 0 Å². The Morgan fingerprint density at radius 2 is 2.67 bits per heavy atom. The molecule has 0 radical (unpaired) electrons. The fourth-order valence-electron chi connectivity index (χ4n) is 0.462. The Bertz CT molecular complexity index is 181. The Kier molecular flexibility index (Phi) is 2.94. The monoisotopic (exact) mass is 203 g/mol. The van der Waals surface area contributed by atoms with Crippen molar-refractivity contribution in [1.82, 2.24) is 4.98 Å². The van der Waals surface area contributed by atoms with E-state index in [0.29, 0.717) is 0 Å². The van der Waals surface area contributed by atoms with Gasteiger partial charge in [-0.15, -0.1) is 11.3 Å². The van der Waals surface area contributed by atoms with E-state index in [2.05, 4.69) is 20.9 Å².